The molecule has 7 nitrogen and oxygen atoms in total. The van der Waals surface area contributed by atoms with E-state index < -0.39 is 0 Å². The number of aromatic amines is 1. The number of likely N-dealkylation sites (tertiary alicyclic amines) is 1. The van der Waals surface area contributed by atoms with Gasteiger partial charge in [-0.05, 0) is 32.6 Å². The van der Waals surface area contributed by atoms with E-state index in [-0.39, 0.29) is 17.5 Å². The third kappa shape index (κ3) is 3.15. The van der Waals surface area contributed by atoms with Gasteiger partial charge >= 0.3 is 0 Å². The normalized spacial score (nSPS) is 20.5. The summed E-state index contributed by atoms with van der Waals surface area (Å²) in [6, 6.07) is -0.212. The summed E-state index contributed by atoms with van der Waals surface area (Å²) in [7, 11) is 0. The molecule has 0 aliphatic carbocycles. The molecule has 1 atom stereocenters. The highest BCUT2D eigenvalue weighted by Gasteiger charge is 2.47. The van der Waals surface area contributed by atoms with Gasteiger partial charge in [0.05, 0.1) is 17.6 Å². The van der Waals surface area contributed by atoms with Crippen LogP contribution in [0.5, 0.6) is 0 Å². The van der Waals surface area contributed by atoms with Gasteiger partial charge in [-0.15, -0.1) is 0 Å². The predicted octanol–water partition coefficient (Wildman–Crippen LogP) is 2.51. The van der Waals surface area contributed by atoms with Gasteiger partial charge in [-0.1, -0.05) is 13.8 Å². The molecule has 7 heteroatoms. The number of rotatable bonds is 4. The summed E-state index contributed by atoms with van der Waals surface area (Å²) in [5.41, 5.74) is 2.45. The summed E-state index contributed by atoms with van der Waals surface area (Å²) < 4.78 is 1.96. The lowest BCUT2D eigenvalue weighted by molar-refractivity contribution is -0.137. The minimum atomic E-state index is -0.212. The van der Waals surface area contributed by atoms with Crippen molar-refractivity contribution < 1.29 is 4.79 Å². The van der Waals surface area contributed by atoms with Crippen molar-refractivity contribution in [2.45, 2.75) is 58.5 Å². The Morgan fingerprint density at radius 2 is 1.96 bits per heavy atom. The molecule has 2 aromatic rings. The van der Waals surface area contributed by atoms with E-state index in [9.17, 15) is 4.79 Å². The molecule has 0 saturated carbocycles. The van der Waals surface area contributed by atoms with Gasteiger partial charge in [0.15, 0.2) is 0 Å². The van der Waals surface area contributed by atoms with Gasteiger partial charge in [-0.25, -0.2) is 9.97 Å². The van der Waals surface area contributed by atoms with Gasteiger partial charge in [-0.3, -0.25) is 9.69 Å². The molecule has 1 saturated heterocycles. The molecule has 1 fully saturated rings. The first kappa shape index (κ1) is 19.2. The SMILES string of the molecule is Cc1nccn1[C@H](C)C(=O)N1CCC2(CC1)c1nc[nH]c1CCN2CC(C)C. The largest absolute Gasteiger partial charge is 0.348 e. The molecule has 152 valence electrons. The van der Waals surface area contributed by atoms with Crippen molar-refractivity contribution in [3.63, 3.8) is 0 Å². The molecule has 4 heterocycles. The molecule has 2 aromatic heterocycles. The molecule has 0 bridgehead atoms. The van der Waals surface area contributed by atoms with Crippen molar-refractivity contribution in [1.82, 2.24) is 29.3 Å². The second-order valence-electron chi connectivity index (χ2n) is 8.73. The maximum absolute atomic E-state index is 13.1. The van der Waals surface area contributed by atoms with Crippen LogP contribution in [0.25, 0.3) is 0 Å². The van der Waals surface area contributed by atoms with Crippen LogP contribution in [-0.4, -0.2) is 61.4 Å². The lowest BCUT2D eigenvalue weighted by Gasteiger charge is -2.51. The highest BCUT2D eigenvalue weighted by atomic mass is 16.2. The molecule has 28 heavy (non-hydrogen) atoms. The van der Waals surface area contributed by atoms with E-state index >= 15 is 0 Å². The second kappa shape index (κ2) is 7.35. The highest BCUT2D eigenvalue weighted by molar-refractivity contribution is 5.80. The van der Waals surface area contributed by atoms with E-state index in [1.54, 1.807) is 6.20 Å². The zero-order chi connectivity index (χ0) is 19.9. The fourth-order valence-corrected chi connectivity index (χ4v) is 5.06. The van der Waals surface area contributed by atoms with Crippen molar-refractivity contribution in [3.05, 3.63) is 35.9 Å². The number of aromatic nitrogens is 4. The summed E-state index contributed by atoms with van der Waals surface area (Å²) in [5, 5.41) is 0. The molecule has 0 aromatic carbocycles. The summed E-state index contributed by atoms with van der Waals surface area (Å²) in [5.74, 6) is 1.68. The van der Waals surface area contributed by atoms with Crippen molar-refractivity contribution in [1.29, 1.82) is 0 Å². The van der Waals surface area contributed by atoms with Gasteiger partial charge in [0.25, 0.3) is 0 Å². The fraction of sp³-hybridized carbons (Fsp3) is 0.667. The quantitative estimate of drug-likeness (QED) is 0.879. The number of nitrogens with one attached hydrogen (secondary N) is 1. The van der Waals surface area contributed by atoms with E-state index in [1.807, 2.05) is 35.8 Å². The van der Waals surface area contributed by atoms with Crippen LogP contribution < -0.4 is 0 Å². The third-order valence-corrected chi connectivity index (χ3v) is 6.52. The number of piperidine rings is 1. The fourth-order valence-electron chi connectivity index (χ4n) is 5.06. The number of H-pyrrole nitrogens is 1. The Kier molecular flexibility index (Phi) is 5.04. The van der Waals surface area contributed by atoms with Crippen molar-refractivity contribution in [3.8, 4) is 0 Å². The number of amides is 1. The van der Waals surface area contributed by atoms with Gasteiger partial charge in [0.1, 0.15) is 11.9 Å². The van der Waals surface area contributed by atoms with Crippen LogP contribution in [0.3, 0.4) is 0 Å². The number of imidazole rings is 2. The van der Waals surface area contributed by atoms with Crippen LogP contribution in [-0.2, 0) is 16.8 Å². The Labute approximate surface area is 167 Å². The average Bonchev–Trinajstić information content (AvgIpc) is 3.33. The van der Waals surface area contributed by atoms with Gasteiger partial charge in [-0.2, -0.15) is 0 Å². The summed E-state index contributed by atoms with van der Waals surface area (Å²) in [6.07, 6.45) is 8.41. The number of nitrogens with zero attached hydrogens (tertiary/aromatic N) is 5. The molecule has 1 amide bonds. The lowest BCUT2D eigenvalue weighted by atomic mass is 9.78. The first-order chi connectivity index (χ1) is 13.4. The number of carbonyl (C=O) groups is 1. The Balaban J connectivity index is 1.53. The number of aryl methyl sites for hydroxylation is 1. The summed E-state index contributed by atoms with van der Waals surface area (Å²) >= 11 is 0. The van der Waals surface area contributed by atoms with Crippen molar-refractivity contribution in [2.75, 3.05) is 26.2 Å². The Bertz CT molecular complexity index is 830. The first-order valence-electron chi connectivity index (χ1n) is 10.5. The average molecular weight is 385 g/mol. The molecule has 2 aliphatic heterocycles. The van der Waals surface area contributed by atoms with Crippen LogP contribution >= 0.6 is 0 Å². The van der Waals surface area contributed by atoms with Crippen molar-refractivity contribution >= 4 is 5.91 Å². The Morgan fingerprint density at radius 3 is 2.61 bits per heavy atom. The molecule has 2 aliphatic rings. The van der Waals surface area contributed by atoms with Crippen LogP contribution in [0.4, 0.5) is 0 Å². The smallest absolute Gasteiger partial charge is 0.245 e. The minimum absolute atomic E-state index is 0.0389. The van der Waals surface area contributed by atoms with E-state index in [0.717, 1.165) is 51.3 Å². The lowest BCUT2D eigenvalue weighted by Crippen LogP contribution is -2.58. The summed E-state index contributed by atoms with van der Waals surface area (Å²) in [4.78, 5) is 30.1. The minimum Gasteiger partial charge on any atom is -0.348 e. The van der Waals surface area contributed by atoms with Gasteiger partial charge in [0.2, 0.25) is 5.91 Å². The Morgan fingerprint density at radius 1 is 1.21 bits per heavy atom. The number of fused-ring (bicyclic) bond motifs is 2. The summed E-state index contributed by atoms with van der Waals surface area (Å²) in [6.45, 7) is 12.2. The maximum Gasteiger partial charge on any atom is 0.245 e. The van der Waals surface area contributed by atoms with E-state index in [2.05, 4.69) is 28.7 Å². The van der Waals surface area contributed by atoms with Crippen LogP contribution in [0, 0.1) is 12.8 Å². The topological polar surface area (TPSA) is 70.0 Å². The van der Waals surface area contributed by atoms with Crippen LogP contribution in [0.2, 0.25) is 0 Å². The molecular weight excluding hydrogens is 352 g/mol. The Hall–Kier alpha value is -2.15. The number of hydrogen-bond acceptors (Lipinski definition) is 4. The van der Waals surface area contributed by atoms with Gasteiger partial charge in [0, 0.05) is 50.7 Å². The van der Waals surface area contributed by atoms with Gasteiger partial charge < -0.3 is 14.5 Å². The van der Waals surface area contributed by atoms with E-state index in [0.29, 0.717) is 5.92 Å². The third-order valence-electron chi connectivity index (χ3n) is 6.52. The molecule has 0 radical (unpaired) electrons. The standard InChI is InChI=1S/C21H32N6O/c1-15(2)13-26-9-5-18-19(24-14-23-18)21(26)6-10-25(11-7-21)20(28)16(3)27-12-8-22-17(27)4/h8,12,14-16H,5-7,9-11,13H2,1-4H3,(H,23,24)/t16-/m1/s1. The van der Waals surface area contributed by atoms with Crippen LogP contribution in [0.15, 0.2) is 18.7 Å². The number of carbonyl (C=O) groups excluding carboxylic acids is 1. The second-order valence-corrected chi connectivity index (χ2v) is 8.73. The highest BCUT2D eigenvalue weighted by Crippen LogP contribution is 2.42. The van der Waals surface area contributed by atoms with Crippen molar-refractivity contribution in [2.24, 2.45) is 5.92 Å². The zero-order valence-electron chi connectivity index (χ0n) is 17.5. The molecular formula is C21H32N6O. The van der Waals surface area contributed by atoms with Crippen LogP contribution in [0.1, 0.15) is 56.9 Å². The molecule has 1 N–H and O–H groups in total. The maximum atomic E-state index is 13.1. The van der Waals surface area contributed by atoms with E-state index in [4.69, 9.17) is 4.98 Å². The number of hydrogen-bond donors (Lipinski definition) is 1. The molecule has 1 spiro atoms. The molecule has 4 rings (SSSR count). The monoisotopic (exact) mass is 384 g/mol. The predicted molar refractivity (Wildman–Crippen MR) is 108 cm³/mol. The first-order valence-corrected chi connectivity index (χ1v) is 10.5. The zero-order valence-corrected chi connectivity index (χ0v) is 17.5. The van der Waals surface area contributed by atoms with E-state index in [1.165, 1.54) is 11.4 Å². The molecule has 0 unspecified atom stereocenters.